The van der Waals surface area contributed by atoms with Crippen LogP contribution in [0.2, 0.25) is 5.02 Å². The number of anilines is 1. The van der Waals surface area contributed by atoms with Crippen molar-refractivity contribution in [3.63, 3.8) is 0 Å². The third kappa shape index (κ3) is 3.40. The number of nitrogens with one attached hydrogen (secondary N) is 2. The zero-order valence-electron chi connectivity index (χ0n) is 9.56. The average Bonchev–Trinajstić information content (AvgIpc) is 2.20. The van der Waals surface area contributed by atoms with Crippen LogP contribution in [0.1, 0.15) is 11.1 Å². The Morgan fingerprint density at radius 1 is 1.44 bits per heavy atom. The quantitative estimate of drug-likeness (QED) is 0.801. The van der Waals surface area contributed by atoms with Crippen LogP contribution in [0.5, 0.6) is 0 Å². The first kappa shape index (κ1) is 12.8. The lowest BCUT2D eigenvalue weighted by atomic mass is 10.1. The Kier molecular flexibility index (Phi) is 4.58. The summed E-state index contributed by atoms with van der Waals surface area (Å²) in [6, 6.07) is 3.42. The van der Waals surface area contributed by atoms with E-state index >= 15 is 0 Å². The van der Waals surface area contributed by atoms with Crippen molar-refractivity contribution in [3.8, 4) is 0 Å². The molecule has 1 rings (SSSR count). The van der Waals surface area contributed by atoms with Crippen molar-refractivity contribution in [2.24, 2.45) is 0 Å². The maximum Gasteiger partial charge on any atom is 0.321 e. The molecule has 16 heavy (non-hydrogen) atoms. The summed E-state index contributed by atoms with van der Waals surface area (Å²) in [4.78, 5) is 11.4. The lowest BCUT2D eigenvalue weighted by Crippen LogP contribution is -2.30. The Hall–Kier alpha value is -1.26. The summed E-state index contributed by atoms with van der Waals surface area (Å²) in [5.41, 5.74) is 2.61. The number of methoxy groups -OCH3 is 1. The summed E-state index contributed by atoms with van der Waals surface area (Å²) < 4.78 is 4.72. The van der Waals surface area contributed by atoms with Crippen molar-refractivity contribution in [2.45, 2.75) is 13.8 Å². The lowest BCUT2D eigenvalue weighted by Gasteiger charge is -2.12. The summed E-state index contributed by atoms with van der Waals surface area (Å²) in [7, 11) is 1.50. The molecule has 0 aromatic heterocycles. The molecule has 0 aliphatic heterocycles. The number of hydrogen-bond acceptors (Lipinski definition) is 2. The van der Waals surface area contributed by atoms with Crippen LogP contribution in [0.25, 0.3) is 0 Å². The zero-order chi connectivity index (χ0) is 12.1. The van der Waals surface area contributed by atoms with Gasteiger partial charge in [-0.1, -0.05) is 17.7 Å². The highest BCUT2D eigenvalue weighted by molar-refractivity contribution is 6.34. The van der Waals surface area contributed by atoms with Gasteiger partial charge in [0.1, 0.15) is 6.73 Å². The molecule has 0 radical (unpaired) electrons. The van der Waals surface area contributed by atoms with Gasteiger partial charge in [0.15, 0.2) is 0 Å². The Morgan fingerprint density at radius 3 is 2.69 bits per heavy atom. The van der Waals surface area contributed by atoms with Gasteiger partial charge in [0.05, 0.1) is 10.7 Å². The molecule has 0 saturated heterocycles. The predicted octanol–water partition coefficient (Wildman–Crippen LogP) is 2.68. The van der Waals surface area contributed by atoms with Crippen LogP contribution in [0, 0.1) is 13.8 Å². The van der Waals surface area contributed by atoms with Gasteiger partial charge in [-0.15, -0.1) is 0 Å². The maximum absolute atomic E-state index is 11.4. The molecule has 0 saturated carbocycles. The normalized spacial score (nSPS) is 10.0. The summed E-state index contributed by atoms with van der Waals surface area (Å²) in [5, 5.41) is 5.73. The Bertz CT molecular complexity index is 371. The van der Waals surface area contributed by atoms with E-state index in [2.05, 4.69) is 10.6 Å². The molecule has 88 valence electrons. The second kappa shape index (κ2) is 5.72. The number of amides is 2. The van der Waals surface area contributed by atoms with E-state index in [1.54, 1.807) is 6.07 Å². The number of halogens is 1. The zero-order valence-corrected chi connectivity index (χ0v) is 10.3. The smallest absolute Gasteiger partial charge is 0.321 e. The average molecular weight is 243 g/mol. The second-order valence-corrected chi connectivity index (χ2v) is 3.91. The number of aryl methyl sites for hydroxylation is 2. The minimum absolute atomic E-state index is 0.161. The Labute approximate surface area is 99.9 Å². The third-order valence-electron chi connectivity index (χ3n) is 2.05. The highest BCUT2D eigenvalue weighted by Gasteiger charge is 2.08. The van der Waals surface area contributed by atoms with Crippen molar-refractivity contribution in [3.05, 3.63) is 28.3 Å². The van der Waals surface area contributed by atoms with Crippen molar-refractivity contribution in [1.29, 1.82) is 0 Å². The van der Waals surface area contributed by atoms with E-state index in [1.807, 2.05) is 19.9 Å². The van der Waals surface area contributed by atoms with E-state index in [0.717, 1.165) is 11.1 Å². The fraction of sp³-hybridized carbons (Fsp3) is 0.364. The SMILES string of the molecule is COCNC(=O)Nc1c(C)cc(C)cc1Cl. The number of benzene rings is 1. The Morgan fingerprint density at radius 2 is 2.12 bits per heavy atom. The minimum atomic E-state index is -0.337. The molecule has 1 aromatic rings. The van der Waals surface area contributed by atoms with Gasteiger partial charge in [-0.05, 0) is 31.0 Å². The van der Waals surface area contributed by atoms with Crippen LogP contribution >= 0.6 is 11.6 Å². The van der Waals surface area contributed by atoms with Crippen LogP contribution in [-0.2, 0) is 4.74 Å². The van der Waals surface area contributed by atoms with Crippen molar-refractivity contribution >= 4 is 23.3 Å². The molecule has 0 aliphatic carbocycles. The van der Waals surface area contributed by atoms with E-state index < -0.39 is 0 Å². The number of carbonyl (C=O) groups excluding carboxylic acids is 1. The fourth-order valence-corrected chi connectivity index (χ4v) is 1.74. The van der Waals surface area contributed by atoms with Crippen molar-refractivity contribution < 1.29 is 9.53 Å². The summed E-state index contributed by atoms with van der Waals surface area (Å²) in [6.45, 7) is 4.01. The topological polar surface area (TPSA) is 50.4 Å². The van der Waals surface area contributed by atoms with Crippen LogP contribution in [-0.4, -0.2) is 19.9 Å². The molecule has 2 amide bonds. The molecule has 5 heteroatoms. The molecule has 0 heterocycles. The highest BCUT2D eigenvalue weighted by atomic mass is 35.5. The van der Waals surface area contributed by atoms with Gasteiger partial charge in [0, 0.05) is 7.11 Å². The van der Waals surface area contributed by atoms with Gasteiger partial charge in [-0.2, -0.15) is 0 Å². The molecule has 0 aliphatic rings. The standard InChI is InChI=1S/C11H15ClN2O2/c1-7-4-8(2)10(9(12)5-7)14-11(15)13-6-16-3/h4-5H,6H2,1-3H3,(H2,13,14,15). The molecule has 0 bridgehead atoms. The Balaban J connectivity index is 2.77. The number of carbonyl (C=O) groups is 1. The van der Waals surface area contributed by atoms with Gasteiger partial charge in [-0.25, -0.2) is 4.79 Å². The summed E-state index contributed by atoms with van der Waals surface area (Å²) in [6.07, 6.45) is 0. The lowest BCUT2D eigenvalue weighted by molar-refractivity contribution is 0.177. The van der Waals surface area contributed by atoms with Crippen molar-refractivity contribution in [2.75, 3.05) is 19.2 Å². The van der Waals surface area contributed by atoms with E-state index in [4.69, 9.17) is 16.3 Å². The van der Waals surface area contributed by atoms with E-state index in [9.17, 15) is 4.79 Å². The molecule has 1 aromatic carbocycles. The van der Waals surface area contributed by atoms with E-state index in [1.165, 1.54) is 7.11 Å². The molecule has 2 N–H and O–H groups in total. The molecular formula is C11H15ClN2O2. The van der Waals surface area contributed by atoms with E-state index in [0.29, 0.717) is 10.7 Å². The number of hydrogen-bond donors (Lipinski definition) is 2. The number of ether oxygens (including phenoxy) is 1. The highest BCUT2D eigenvalue weighted by Crippen LogP contribution is 2.27. The predicted molar refractivity (Wildman–Crippen MR) is 65.0 cm³/mol. The van der Waals surface area contributed by atoms with Crippen molar-refractivity contribution in [1.82, 2.24) is 5.32 Å². The van der Waals surface area contributed by atoms with Crippen LogP contribution < -0.4 is 10.6 Å². The first-order valence-electron chi connectivity index (χ1n) is 4.85. The second-order valence-electron chi connectivity index (χ2n) is 3.50. The monoisotopic (exact) mass is 242 g/mol. The molecule has 0 unspecified atom stereocenters. The molecule has 0 spiro atoms. The molecule has 0 fully saturated rings. The minimum Gasteiger partial charge on any atom is -0.364 e. The van der Waals surface area contributed by atoms with Gasteiger partial charge in [0.2, 0.25) is 0 Å². The molecule has 4 nitrogen and oxygen atoms in total. The number of rotatable bonds is 3. The van der Waals surface area contributed by atoms with Crippen LogP contribution in [0.4, 0.5) is 10.5 Å². The maximum atomic E-state index is 11.4. The summed E-state index contributed by atoms with van der Waals surface area (Å²) >= 11 is 6.04. The van der Waals surface area contributed by atoms with Gasteiger partial charge in [0.25, 0.3) is 0 Å². The first-order valence-corrected chi connectivity index (χ1v) is 5.23. The van der Waals surface area contributed by atoms with Gasteiger partial charge >= 0.3 is 6.03 Å². The molecular weight excluding hydrogens is 228 g/mol. The number of urea groups is 1. The first-order chi connectivity index (χ1) is 7.54. The van der Waals surface area contributed by atoms with Crippen LogP contribution in [0.3, 0.4) is 0 Å². The summed E-state index contributed by atoms with van der Waals surface area (Å²) in [5.74, 6) is 0. The third-order valence-corrected chi connectivity index (χ3v) is 2.35. The fourth-order valence-electron chi connectivity index (χ4n) is 1.37. The van der Waals surface area contributed by atoms with Gasteiger partial charge < -0.3 is 15.4 Å². The largest absolute Gasteiger partial charge is 0.364 e. The molecule has 0 atom stereocenters. The van der Waals surface area contributed by atoms with E-state index in [-0.39, 0.29) is 12.8 Å². The van der Waals surface area contributed by atoms with Gasteiger partial charge in [-0.3, -0.25) is 0 Å². The van der Waals surface area contributed by atoms with Crippen LogP contribution in [0.15, 0.2) is 12.1 Å².